The molecule has 0 bridgehead atoms. The van der Waals surface area contributed by atoms with Gasteiger partial charge in [-0.1, -0.05) is 36.4 Å². The van der Waals surface area contributed by atoms with Crippen molar-refractivity contribution in [3.63, 3.8) is 0 Å². The van der Waals surface area contributed by atoms with E-state index in [1.807, 2.05) is 36.4 Å². The van der Waals surface area contributed by atoms with Gasteiger partial charge in [-0.05, 0) is 29.8 Å². The smallest absolute Gasteiger partial charge is 0.309 e. The van der Waals surface area contributed by atoms with Crippen molar-refractivity contribution >= 4 is 17.3 Å². The molecule has 146 valence electrons. The number of carbonyl (C=O) groups excluding carboxylic acids is 1. The fourth-order valence-corrected chi connectivity index (χ4v) is 3.55. The molecule has 3 rings (SSSR count). The quantitative estimate of drug-likeness (QED) is 0.443. The van der Waals surface area contributed by atoms with Crippen LogP contribution in [0.25, 0.3) is 20.9 Å². The summed E-state index contributed by atoms with van der Waals surface area (Å²) in [6, 6.07) is 24.6. The number of benzene rings is 2. The molecule has 0 amide bonds. The van der Waals surface area contributed by atoms with Crippen LogP contribution in [0.1, 0.15) is 5.56 Å². The molecule has 0 saturated heterocycles. The van der Waals surface area contributed by atoms with Crippen molar-refractivity contribution in [2.24, 2.45) is 0 Å². The lowest BCUT2D eigenvalue weighted by Gasteiger charge is -2.17. The van der Waals surface area contributed by atoms with Crippen molar-refractivity contribution in [3.05, 3.63) is 78.4 Å². The molecule has 0 aliphatic heterocycles. The molecule has 1 aromatic heterocycles. The minimum atomic E-state index is -4.94. The van der Waals surface area contributed by atoms with Gasteiger partial charge in [0.25, 0.3) is 0 Å². The molecule has 0 spiro atoms. The van der Waals surface area contributed by atoms with Crippen LogP contribution in [-0.4, -0.2) is 13.1 Å². The number of hydrogen-bond donors (Lipinski definition) is 0. The highest BCUT2D eigenvalue weighted by atomic mass is 35.7. The minimum absolute atomic E-state index is 0.223. The van der Waals surface area contributed by atoms with Crippen LogP contribution in [0.3, 0.4) is 0 Å². The Morgan fingerprint density at radius 2 is 1.25 bits per heavy atom. The van der Waals surface area contributed by atoms with E-state index in [-0.39, 0.29) is 12.4 Å². The van der Waals surface area contributed by atoms with Gasteiger partial charge in [-0.2, -0.15) is 0 Å². The zero-order valence-electron chi connectivity index (χ0n) is 14.9. The second-order valence-corrected chi connectivity index (χ2v) is 7.40. The van der Waals surface area contributed by atoms with Crippen molar-refractivity contribution in [3.8, 4) is 20.9 Å². The molecule has 28 heavy (non-hydrogen) atoms. The first-order valence-electron chi connectivity index (χ1n) is 8.03. The third-order valence-corrected chi connectivity index (χ3v) is 4.69. The van der Waals surface area contributed by atoms with Gasteiger partial charge < -0.3 is 4.74 Å². The second kappa shape index (κ2) is 10.2. The Balaban J connectivity index is 0.000000500. The van der Waals surface area contributed by atoms with E-state index in [1.54, 1.807) is 11.3 Å². The third kappa shape index (κ3) is 7.69. The number of ether oxygens (including phenoxy) is 1. The number of carbonyl (C=O) groups is 1. The monoisotopic (exact) mass is 420 g/mol. The minimum Gasteiger partial charge on any atom is -0.469 e. The van der Waals surface area contributed by atoms with E-state index in [0.29, 0.717) is 0 Å². The van der Waals surface area contributed by atoms with Gasteiger partial charge >= 0.3 is 5.97 Å². The van der Waals surface area contributed by atoms with Gasteiger partial charge in [0, 0.05) is 23.3 Å². The van der Waals surface area contributed by atoms with E-state index < -0.39 is 10.2 Å². The lowest BCUT2D eigenvalue weighted by Crippen LogP contribution is -2.68. The van der Waals surface area contributed by atoms with Crippen LogP contribution in [-0.2, 0) is 16.0 Å². The predicted octanol–water partition coefficient (Wildman–Crippen LogP) is 0.323. The molecule has 0 fully saturated rings. The highest BCUT2D eigenvalue weighted by molar-refractivity contribution is 7.18. The summed E-state index contributed by atoms with van der Waals surface area (Å²) in [7, 11) is -3.52. The Kier molecular flexibility index (Phi) is 8.01. The average molecular weight is 421 g/mol. The number of rotatable bonds is 4. The topological polar surface area (TPSA) is 119 Å². The Morgan fingerprint density at radius 1 is 0.857 bits per heavy atom. The maximum atomic E-state index is 11.7. The van der Waals surface area contributed by atoms with Crippen molar-refractivity contribution in [1.82, 2.24) is 0 Å². The molecule has 8 heteroatoms. The zero-order chi connectivity index (χ0) is 20.6. The Labute approximate surface area is 168 Å². The van der Waals surface area contributed by atoms with E-state index in [9.17, 15) is 4.79 Å². The zero-order valence-corrected chi connectivity index (χ0v) is 16.4. The Morgan fingerprint density at radius 3 is 1.61 bits per heavy atom. The molecule has 0 atom stereocenters. The van der Waals surface area contributed by atoms with E-state index >= 15 is 0 Å². The summed E-state index contributed by atoms with van der Waals surface area (Å²) < 4.78 is 38.8. The lowest BCUT2D eigenvalue weighted by atomic mass is 10.1. The van der Waals surface area contributed by atoms with Crippen LogP contribution >= 0.6 is 11.3 Å². The number of methoxy groups -OCH3 is 1. The molecular weight excluding hydrogens is 404 g/mol. The van der Waals surface area contributed by atoms with Crippen LogP contribution < -0.4 is 18.6 Å². The van der Waals surface area contributed by atoms with Crippen molar-refractivity contribution in [2.75, 3.05) is 7.11 Å². The van der Waals surface area contributed by atoms with Crippen LogP contribution in [0.4, 0.5) is 0 Å². The van der Waals surface area contributed by atoms with Crippen molar-refractivity contribution in [1.29, 1.82) is 0 Å². The molecule has 0 aliphatic rings. The maximum absolute atomic E-state index is 11.7. The van der Waals surface area contributed by atoms with Crippen molar-refractivity contribution in [2.45, 2.75) is 6.42 Å². The summed E-state index contributed by atoms with van der Waals surface area (Å²) in [6.45, 7) is 0. The van der Waals surface area contributed by atoms with Gasteiger partial charge in [0.2, 0.25) is 21.1 Å². The first-order chi connectivity index (χ1) is 13.3. The summed E-state index contributed by atoms with van der Waals surface area (Å²) >= 11 is 1.73. The molecule has 1 heterocycles. The maximum Gasteiger partial charge on any atom is 0.309 e. The summed E-state index contributed by atoms with van der Waals surface area (Å²) in [5.41, 5.74) is 3.27. The van der Waals surface area contributed by atoms with E-state index in [2.05, 4.69) is 36.4 Å². The number of hydrogen-bond acceptors (Lipinski definition) is 6. The molecule has 0 aliphatic carbocycles. The summed E-state index contributed by atoms with van der Waals surface area (Å²) in [5, 5.41) is 0. The Bertz CT molecular complexity index is 834. The Hall–Kier alpha value is -2.39. The van der Waals surface area contributed by atoms with Gasteiger partial charge in [0.1, 0.15) is 0 Å². The second-order valence-electron chi connectivity index (χ2n) is 5.56. The lowest BCUT2D eigenvalue weighted by molar-refractivity contribution is -2.00. The molecule has 0 N–H and O–H groups in total. The van der Waals surface area contributed by atoms with Gasteiger partial charge in [0.05, 0.1) is 13.5 Å². The fourth-order valence-electron chi connectivity index (χ4n) is 2.39. The molecule has 0 saturated carbocycles. The average Bonchev–Trinajstić information content (AvgIpc) is 2.68. The summed E-state index contributed by atoms with van der Waals surface area (Å²) in [5.74, 6) is -0.223. The van der Waals surface area contributed by atoms with Crippen LogP contribution in [0.5, 0.6) is 0 Å². The van der Waals surface area contributed by atoms with Crippen LogP contribution in [0.15, 0.2) is 72.8 Å². The number of esters is 1. The van der Waals surface area contributed by atoms with E-state index in [0.717, 1.165) is 26.4 Å². The van der Waals surface area contributed by atoms with E-state index in [4.69, 9.17) is 23.4 Å². The third-order valence-electron chi connectivity index (χ3n) is 3.55. The molecule has 0 radical (unpaired) electrons. The first kappa shape index (κ1) is 21.9. The van der Waals surface area contributed by atoms with Crippen LogP contribution in [0.2, 0.25) is 0 Å². The van der Waals surface area contributed by atoms with Gasteiger partial charge in [0.15, 0.2) is 0 Å². The van der Waals surface area contributed by atoms with Crippen LogP contribution in [0, 0.1) is 10.2 Å². The summed E-state index contributed by atoms with van der Waals surface area (Å²) in [6.07, 6.45) is 0.281. The molecule has 3 aromatic rings. The SMILES string of the molecule is COC(=O)Cc1cc(-c2ccccc2)[s+]c(-c2ccccc2)c1.[O-][Cl+3]([O-])([O-])[O-]. The fraction of sp³-hybridized carbons (Fsp3) is 0.100. The number of halogens is 1. The first-order valence-corrected chi connectivity index (χ1v) is 10.1. The highest BCUT2D eigenvalue weighted by Crippen LogP contribution is 2.34. The highest BCUT2D eigenvalue weighted by Gasteiger charge is 2.19. The normalized spacial score (nSPS) is 10.6. The van der Waals surface area contributed by atoms with E-state index in [1.165, 1.54) is 7.11 Å². The van der Waals surface area contributed by atoms with Gasteiger partial charge in [-0.25, -0.2) is 18.6 Å². The summed E-state index contributed by atoms with van der Waals surface area (Å²) in [4.78, 5) is 13.9. The van der Waals surface area contributed by atoms with Gasteiger partial charge in [-0.3, -0.25) is 4.79 Å². The standard InChI is InChI=1S/C20H17O2S.ClHO4/c1-22-20(21)14-15-12-18(16-8-4-2-5-9-16)23-19(13-15)17-10-6-3-7-11-17;2-1(3,4)5/h2-13H,14H2,1H3;(H,2,3,4,5)/q+1;/p-1. The van der Waals surface area contributed by atoms with Crippen molar-refractivity contribution < 1.29 is 38.4 Å². The molecule has 2 aromatic carbocycles. The molecule has 0 unspecified atom stereocenters. The van der Waals surface area contributed by atoms with Gasteiger partial charge in [-0.15, -0.1) is 10.2 Å². The largest absolute Gasteiger partial charge is 0.469 e. The molecule has 6 nitrogen and oxygen atoms in total. The molecular formula is C20H17ClO6S. The predicted molar refractivity (Wildman–Crippen MR) is 95.3 cm³/mol.